The molecule has 2 unspecified atom stereocenters. The van der Waals surface area contributed by atoms with Crippen LogP contribution in [0.25, 0.3) is 0 Å². The molecule has 16 heavy (non-hydrogen) atoms. The molecule has 0 N–H and O–H groups in total. The van der Waals surface area contributed by atoms with E-state index in [-0.39, 0.29) is 0 Å². The predicted octanol–water partition coefficient (Wildman–Crippen LogP) is 3.74. The monoisotopic (exact) mass is 241 g/mol. The number of hydrogen-bond acceptors (Lipinski definition) is 2. The summed E-state index contributed by atoms with van der Waals surface area (Å²) in [6.07, 6.45) is 13.0. The summed E-state index contributed by atoms with van der Waals surface area (Å²) in [6.45, 7) is 2.76. The molecule has 2 aliphatic rings. The van der Waals surface area contributed by atoms with Gasteiger partial charge in [-0.2, -0.15) is 12.6 Å². The molecule has 2 rings (SSSR count). The second-order valence-corrected chi connectivity index (χ2v) is 6.02. The molecule has 0 bridgehead atoms. The Morgan fingerprint density at radius 3 is 2.62 bits per heavy atom. The van der Waals surface area contributed by atoms with Crippen LogP contribution in [0.5, 0.6) is 0 Å². The molecular formula is C14H27NS. The number of hydrogen-bond donors (Lipinski definition) is 1. The Morgan fingerprint density at radius 1 is 0.938 bits per heavy atom. The molecule has 2 heteroatoms. The van der Waals surface area contributed by atoms with Crippen molar-refractivity contribution in [3.8, 4) is 0 Å². The molecule has 2 fully saturated rings. The minimum absolute atomic E-state index is 0.971. The molecule has 0 amide bonds. The van der Waals surface area contributed by atoms with Gasteiger partial charge in [0.05, 0.1) is 0 Å². The smallest absolute Gasteiger partial charge is 0.0124 e. The zero-order valence-corrected chi connectivity index (χ0v) is 11.4. The minimum Gasteiger partial charge on any atom is -0.300 e. The average molecular weight is 241 g/mol. The Hall–Kier alpha value is 0.310. The fraction of sp³-hybridized carbons (Fsp3) is 1.00. The van der Waals surface area contributed by atoms with Gasteiger partial charge < -0.3 is 4.90 Å². The molecule has 1 saturated heterocycles. The standard InChI is InChI=1S/C14H27NS/c16-12-6-2-1-5-10-15-11-9-13-7-3-4-8-14(13)15/h13-14,16H,1-12H2. The van der Waals surface area contributed by atoms with E-state index in [1.54, 1.807) is 0 Å². The second kappa shape index (κ2) is 6.90. The Morgan fingerprint density at radius 2 is 1.75 bits per heavy atom. The van der Waals surface area contributed by atoms with Crippen molar-refractivity contribution in [1.82, 2.24) is 4.90 Å². The average Bonchev–Trinajstić information content (AvgIpc) is 2.73. The van der Waals surface area contributed by atoms with Crippen molar-refractivity contribution in [3.63, 3.8) is 0 Å². The molecule has 94 valence electrons. The second-order valence-electron chi connectivity index (χ2n) is 5.57. The number of nitrogens with zero attached hydrogens (tertiary/aromatic N) is 1. The summed E-state index contributed by atoms with van der Waals surface area (Å²) in [5.74, 6) is 2.13. The summed E-state index contributed by atoms with van der Waals surface area (Å²) >= 11 is 4.26. The normalized spacial score (nSPS) is 30.6. The van der Waals surface area contributed by atoms with Gasteiger partial charge in [0, 0.05) is 6.04 Å². The van der Waals surface area contributed by atoms with E-state index >= 15 is 0 Å². The molecule has 0 spiro atoms. The van der Waals surface area contributed by atoms with E-state index in [1.807, 2.05) is 0 Å². The van der Waals surface area contributed by atoms with Crippen LogP contribution in [0.15, 0.2) is 0 Å². The van der Waals surface area contributed by atoms with Crippen molar-refractivity contribution >= 4 is 12.6 Å². The topological polar surface area (TPSA) is 3.24 Å². The molecule has 1 nitrogen and oxygen atoms in total. The molecule has 1 aliphatic heterocycles. The van der Waals surface area contributed by atoms with Crippen molar-refractivity contribution in [2.45, 2.75) is 63.8 Å². The van der Waals surface area contributed by atoms with Crippen LogP contribution in [0, 0.1) is 5.92 Å². The Bertz CT molecular complexity index is 195. The van der Waals surface area contributed by atoms with Crippen LogP contribution < -0.4 is 0 Å². The quantitative estimate of drug-likeness (QED) is 0.548. The highest BCUT2D eigenvalue weighted by atomic mass is 32.1. The van der Waals surface area contributed by atoms with Gasteiger partial charge in [0.25, 0.3) is 0 Å². The lowest BCUT2D eigenvalue weighted by Crippen LogP contribution is -2.35. The Balaban J connectivity index is 1.62. The lowest BCUT2D eigenvalue weighted by atomic mass is 9.85. The number of likely N-dealkylation sites (tertiary alicyclic amines) is 1. The van der Waals surface area contributed by atoms with Gasteiger partial charge >= 0.3 is 0 Å². The van der Waals surface area contributed by atoms with Crippen molar-refractivity contribution in [2.75, 3.05) is 18.8 Å². The highest BCUT2D eigenvalue weighted by Crippen LogP contribution is 2.36. The number of rotatable bonds is 6. The molecule has 0 aromatic rings. The number of fused-ring (bicyclic) bond motifs is 1. The van der Waals surface area contributed by atoms with Crippen LogP contribution in [0.2, 0.25) is 0 Å². The Labute approximate surface area is 106 Å². The number of thiol groups is 1. The van der Waals surface area contributed by atoms with E-state index in [9.17, 15) is 0 Å². The molecule has 0 aromatic heterocycles. The third-order valence-corrected chi connectivity index (χ3v) is 4.79. The van der Waals surface area contributed by atoms with Crippen molar-refractivity contribution in [3.05, 3.63) is 0 Å². The summed E-state index contributed by atoms with van der Waals surface area (Å²) in [6, 6.07) is 0.971. The van der Waals surface area contributed by atoms with Crippen LogP contribution in [-0.4, -0.2) is 29.8 Å². The van der Waals surface area contributed by atoms with E-state index in [0.29, 0.717) is 0 Å². The lowest BCUT2D eigenvalue weighted by molar-refractivity contribution is 0.179. The highest BCUT2D eigenvalue weighted by Gasteiger charge is 2.34. The largest absolute Gasteiger partial charge is 0.300 e. The summed E-state index contributed by atoms with van der Waals surface area (Å²) in [4.78, 5) is 2.80. The van der Waals surface area contributed by atoms with Gasteiger partial charge in [-0.25, -0.2) is 0 Å². The predicted molar refractivity (Wildman–Crippen MR) is 74.3 cm³/mol. The molecule has 0 radical (unpaired) electrons. The van der Waals surface area contributed by atoms with Gasteiger partial charge in [0.2, 0.25) is 0 Å². The van der Waals surface area contributed by atoms with Gasteiger partial charge in [-0.05, 0) is 56.9 Å². The maximum atomic E-state index is 4.26. The van der Waals surface area contributed by atoms with Crippen LogP contribution in [0.1, 0.15) is 57.8 Å². The van der Waals surface area contributed by atoms with Gasteiger partial charge in [-0.15, -0.1) is 0 Å². The van der Waals surface area contributed by atoms with Gasteiger partial charge in [0.15, 0.2) is 0 Å². The molecule has 1 saturated carbocycles. The van der Waals surface area contributed by atoms with E-state index in [4.69, 9.17) is 0 Å². The summed E-state index contributed by atoms with van der Waals surface area (Å²) in [5, 5.41) is 0. The summed E-state index contributed by atoms with van der Waals surface area (Å²) in [7, 11) is 0. The van der Waals surface area contributed by atoms with E-state index < -0.39 is 0 Å². The van der Waals surface area contributed by atoms with E-state index in [2.05, 4.69) is 17.5 Å². The molecule has 2 atom stereocenters. The fourth-order valence-corrected chi connectivity index (χ4v) is 3.78. The number of unbranched alkanes of at least 4 members (excludes halogenated alkanes) is 3. The van der Waals surface area contributed by atoms with Crippen molar-refractivity contribution in [2.24, 2.45) is 5.92 Å². The van der Waals surface area contributed by atoms with Gasteiger partial charge in [-0.1, -0.05) is 25.7 Å². The van der Waals surface area contributed by atoms with E-state index in [1.165, 1.54) is 70.9 Å². The van der Waals surface area contributed by atoms with E-state index in [0.717, 1.165) is 17.7 Å². The Kier molecular flexibility index (Phi) is 5.51. The fourth-order valence-electron chi connectivity index (χ4n) is 3.56. The van der Waals surface area contributed by atoms with Gasteiger partial charge in [-0.3, -0.25) is 0 Å². The first-order chi connectivity index (χ1) is 7.92. The zero-order chi connectivity index (χ0) is 11.2. The first-order valence-electron chi connectivity index (χ1n) is 7.26. The zero-order valence-electron chi connectivity index (χ0n) is 10.5. The maximum Gasteiger partial charge on any atom is 0.0124 e. The lowest BCUT2D eigenvalue weighted by Gasteiger charge is -2.31. The SMILES string of the molecule is SCCCCCCN1CCC2CCCCC21. The third-order valence-electron chi connectivity index (χ3n) is 4.48. The first kappa shape index (κ1) is 12.8. The van der Waals surface area contributed by atoms with Crippen LogP contribution >= 0.6 is 12.6 Å². The summed E-state index contributed by atoms with van der Waals surface area (Å²) < 4.78 is 0. The minimum atomic E-state index is 0.971. The first-order valence-corrected chi connectivity index (χ1v) is 7.90. The molecular weight excluding hydrogens is 214 g/mol. The molecule has 0 aromatic carbocycles. The van der Waals surface area contributed by atoms with Crippen LogP contribution in [0.4, 0.5) is 0 Å². The molecule has 1 heterocycles. The van der Waals surface area contributed by atoms with Crippen LogP contribution in [0.3, 0.4) is 0 Å². The van der Waals surface area contributed by atoms with Crippen LogP contribution in [-0.2, 0) is 0 Å². The van der Waals surface area contributed by atoms with Crippen molar-refractivity contribution < 1.29 is 0 Å². The third kappa shape index (κ3) is 3.40. The maximum absolute atomic E-state index is 4.26. The van der Waals surface area contributed by atoms with Gasteiger partial charge in [0.1, 0.15) is 0 Å². The van der Waals surface area contributed by atoms with Crippen molar-refractivity contribution in [1.29, 1.82) is 0 Å². The highest BCUT2D eigenvalue weighted by molar-refractivity contribution is 7.80. The summed E-state index contributed by atoms with van der Waals surface area (Å²) in [5.41, 5.74) is 0. The molecule has 1 aliphatic carbocycles.